The highest BCUT2D eigenvalue weighted by atomic mass is 19.4. The average Bonchev–Trinajstić information content (AvgIpc) is 2.80. The number of aromatic nitrogens is 2. The van der Waals surface area contributed by atoms with Gasteiger partial charge in [0.2, 0.25) is 0 Å². The Kier molecular flexibility index (Phi) is 3.04. The second-order valence-electron chi connectivity index (χ2n) is 4.32. The number of rotatable bonds is 2. The first kappa shape index (κ1) is 13.4. The predicted octanol–water partition coefficient (Wildman–Crippen LogP) is 4.27. The molecule has 0 radical (unpaired) electrons. The van der Waals surface area contributed by atoms with Crippen molar-refractivity contribution in [3.05, 3.63) is 48.3 Å². The number of ether oxygens (including phenoxy) is 1. The minimum absolute atomic E-state index is 0.330. The number of nitrogens with one attached hydrogen (secondary N) is 1. The van der Waals surface area contributed by atoms with Crippen LogP contribution in [0.4, 0.5) is 17.6 Å². The van der Waals surface area contributed by atoms with Crippen LogP contribution in [0.1, 0.15) is 0 Å². The van der Waals surface area contributed by atoms with Gasteiger partial charge in [0.25, 0.3) is 0 Å². The third-order valence-electron chi connectivity index (χ3n) is 2.81. The van der Waals surface area contributed by atoms with E-state index >= 15 is 0 Å². The molecule has 1 N–H and O–H groups in total. The lowest BCUT2D eigenvalue weighted by Gasteiger charge is -2.07. The summed E-state index contributed by atoms with van der Waals surface area (Å²) in [5.41, 5.74) is 1.52. The number of fused-ring (bicyclic) bond motifs is 1. The molecule has 0 aliphatic carbocycles. The molecule has 0 aliphatic rings. The highest BCUT2D eigenvalue weighted by Gasteiger charge is 2.31. The van der Waals surface area contributed by atoms with Crippen molar-refractivity contribution in [1.82, 2.24) is 9.97 Å². The molecule has 3 aromatic rings. The zero-order valence-electron chi connectivity index (χ0n) is 10.4. The Morgan fingerprint density at radius 3 is 2.38 bits per heavy atom. The fraction of sp³-hybridized carbons (Fsp3) is 0.0714. The van der Waals surface area contributed by atoms with E-state index in [2.05, 4.69) is 14.7 Å². The predicted molar refractivity (Wildman–Crippen MR) is 68.2 cm³/mol. The molecule has 1 heterocycles. The van der Waals surface area contributed by atoms with Crippen LogP contribution in [-0.4, -0.2) is 16.3 Å². The van der Waals surface area contributed by atoms with E-state index in [0.29, 0.717) is 22.4 Å². The summed E-state index contributed by atoms with van der Waals surface area (Å²) < 4.78 is 53.2. The number of halogens is 4. The van der Waals surface area contributed by atoms with E-state index in [1.807, 2.05) is 0 Å². The van der Waals surface area contributed by atoms with Gasteiger partial charge in [-0.15, -0.1) is 13.2 Å². The monoisotopic (exact) mass is 296 g/mol. The molecule has 0 unspecified atom stereocenters. The topological polar surface area (TPSA) is 37.9 Å². The van der Waals surface area contributed by atoms with Gasteiger partial charge in [0.1, 0.15) is 17.4 Å². The molecule has 7 heteroatoms. The summed E-state index contributed by atoms with van der Waals surface area (Å²) in [5.74, 6) is -0.281. The summed E-state index contributed by atoms with van der Waals surface area (Å²) in [5, 5.41) is 0. The number of hydrogen-bond acceptors (Lipinski definition) is 2. The van der Waals surface area contributed by atoms with Gasteiger partial charge in [-0.2, -0.15) is 0 Å². The molecular formula is C14H8F4N2O. The molecule has 0 saturated heterocycles. The van der Waals surface area contributed by atoms with Crippen molar-refractivity contribution >= 4 is 11.0 Å². The highest BCUT2D eigenvalue weighted by Crippen LogP contribution is 2.27. The van der Waals surface area contributed by atoms with E-state index < -0.39 is 6.36 Å². The van der Waals surface area contributed by atoms with Crippen molar-refractivity contribution in [2.75, 3.05) is 0 Å². The van der Waals surface area contributed by atoms with Gasteiger partial charge < -0.3 is 9.72 Å². The van der Waals surface area contributed by atoms with Gasteiger partial charge in [-0.25, -0.2) is 9.37 Å². The van der Waals surface area contributed by atoms with Gasteiger partial charge in [-0.05, 0) is 36.4 Å². The summed E-state index contributed by atoms with van der Waals surface area (Å²) in [6.07, 6.45) is -4.75. The van der Waals surface area contributed by atoms with Crippen molar-refractivity contribution in [2.45, 2.75) is 6.36 Å². The molecule has 0 fully saturated rings. The molecule has 0 bridgehead atoms. The van der Waals surface area contributed by atoms with E-state index in [1.54, 1.807) is 0 Å². The van der Waals surface area contributed by atoms with Crippen LogP contribution in [0.2, 0.25) is 0 Å². The van der Waals surface area contributed by atoms with Crippen LogP contribution in [-0.2, 0) is 0 Å². The minimum Gasteiger partial charge on any atom is -0.406 e. The van der Waals surface area contributed by atoms with Gasteiger partial charge in [0, 0.05) is 11.6 Å². The first-order chi connectivity index (χ1) is 9.90. The third-order valence-corrected chi connectivity index (χ3v) is 2.81. The number of benzene rings is 2. The molecule has 0 amide bonds. The normalized spacial score (nSPS) is 11.8. The van der Waals surface area contributed by atoms with E-state index in [-0.39, 0.29) is 11.6 Å². The largest absolute Gasteiger partial charge is 0.573 e. The van der Waals surface area contributed by atoms with Gasteiger partial charge in [0.15, 0.2) is 0 Å². The van der Waals surface area contributed by atoms with E-state index in [4.69, 9.17) is 0 Å². The summed E-state index contributed by atoms with van der Waals surface area (Å²) in [7, 11) is 0. The molecule has 1 aromatic heterocycles. The smallest absolute Gasteiger partial charge is 0.406 e. The van der Waals surface area contributed by atoms with E-state index in [9.17, 15) is 17.6 Å². The number of alkyl halides is 3. The first-order valence-electron chi connectivity index (χ1n) is 5.92. The van der Waals surface area contributed by atoms with E-state index in [0.717, 1.165) is 0 Å². The van der Waals surface area contributed by atoms with Crippen LogP contribution in [0.3, 0.4) is 0 Å². The molecule has 108 valence electrons. The molecule has 3 rings (SSSR count). The zero-order valence-corrected chi connectivity index (χ0v) is 10.4. The second-order valence-corrected chi connectivity index (χ2v) is 4.32. The first-order valence-corrected chi connectivity index (χ1v) is 5.92. The molecule has 3 nitrogen and oxygen atoms in total. The summed E-state index contributed by atoms with van der Waals surface area (Å²) in [6.45, 7) is 0. The molecule has 0 atom stereocenters. The van der Waals surface area contributed by atoms with E-state index in [1.165, 1.54) is 42.5 Å². The lowest BCUT2D eigenvalue weighted by Crippen LogP contribution is -2.16. The standard InChI is InChI=1S/C14H8F4N2O/c15-9-3-1-8(2-4-9)13-19-11-6-5-10(7-12(11)20-13)21-14(16,17)18/h1-7H,(H,19,20). The fourth-order valence-corrected chi connectivity index (χ4v) is 1.93. The lowest BCUT2D eigenvalue weighted by atomic mass is 10.2. The molecule has 0 spiro atoms. The highest BCUT2D eigenvalue weighted by molar-refractivity contribution is 5.80. The van der Waals surface area contributed by atoms with Crippen molar-refractivity contribution in [3.8, 4) is 17.1 Å². The Morgan fingerprint density at radius 1 is 1.00 bits per heavy atom. The van der Waals surface area contributed by atoms with Crippen LogP contribution >= 0.6 is 0 Å². The van der Waals surface area contributed by atoms with Crippen molar-refractivity contribution in [2.24, 2.45) is 0 Å². The second kappa shape index (κ2) is 4.76. The number of H-pyrrole nitrogens is 1. The summed E-state index contributed by atoms with van der Waals surface area (Å²) in [4.78, 5) is 7.13. The fourth-order valence-electron chi connectivity index (χ4n) is 1.93. The Bertz CT molecular complexity index is 778. The average molecular weight is 296 g/mol. The molecule has 21 heavy (non-hydrogen) atoms. The third kappa shape index (κ3) is 2.96. The number of imidazole rings is 1. The van der Waals surface area contributed by atoms with Crippen LogP contribution in [0.15, 0.2) is 42.5 Å². The Morgan fingerprint density at radius 2 is 1.71 bits per heavy atom. The van der Waals surface area contributed by atoms with Crippen molar-refractivity contribution in [3.63, 3.8) is 0 Å². The zero-order chi connectivity index (χ0) is 15.0. The van der Waals surface area contributed by atoms with Gasteiger partial charge in [-0.1, -0.05) is 0 Å². The SMILES string of the molecule is Fc1ccc(-c2nc3cc(OC(F)(F)F)ccc3[nH]2)cc1. The maximum atomic E-state index is 12.9. The molecule has 2 aromatic carbocycles. The van der Waals surface area contributed by atoms with Crippen LogP contribution in [0.25, 0.3) is 22.4 Å². The maximum absolute atomic E-state index is 12.9. The quantitative estimate of drug-likeness (QED) is 0.717. The van der Waals surface area contributed by atoms with Gasteiger partial charge >= 0.3 is 6.36 Å². The minimum atomic E-state index is -4.75. The van der Waals surface area contributed by atoms with Crippen LogP contribution < -0.4 is 4.74 Å². The molecular weight excluding hydrogens is 288 g/mol. The number of nitrogens with zero attached hydrogens (tertiary/aromatic N) is 1. The summed E-state index contributed by atoms with van der Waals surface area (Å²) >= 11 is 0. The van der Waals surface area contributed by atoms with Crippen molar-refractivity contribution < 1.29 is 22.3 Å². The molecule has 0 saturated carbocycles. The number of hydrogen-bond donors (Lipinski definition) is 1. The Balaban J connectivity index is 1.98. The lowest BCUT2D eigenvalue weighted by molar-refractivity contribution is -0.274. The Hall–Kier alpha value is -2.57. The maximum Gasteiger partial charge on any atom is 0.573 e. The molecule has 0 aliphatic heterocycles. The summed E-state index contributed by atoms with van der Waals surface area (Å²) in [6, 6.07) is 9.44. The van der Waals surface area contributed by atoms with Crippen LogP contribution in [0, 0.1) is 5.82 Å². The number of aromatic amines is 1. The van der Waals surface area contributed by atoms with Gasteiger partial charge in [-0.3, -0.25) is 0 Å². The van der Waals surface area contributed by atoms with Crippen LogP contribution in [0.5, 0.6) is 5.75 Å². The van der Waals surface area contributed by atoms with Crippen molar-refractivity contribution in [1.29, 1.82) is 0 Å². The Labute approximate surface area is 116 Å². The van der Waals surface area contributed by atoms with Gasteiger partial charge in [0.05, 0.1) is 11.0 Å².